The molecule has 0 amide bonds. The largest absolute Gasteiger partial charge is 1.00 e. The van der Waals surface area contributed by atoms with Gasteiger partial charge in [0.05, 0.1) is 0 Å². The molecule has 1 heterocycles. The van der Waals surface area contributed by atoms with Crippen LogP contribution in [0, 0.1) is 0 Å². The van der Waals surface area contributed by atoms with Crippen LogP contribution < -0.4 is 28.5 Å². The molecular formula is C14H18IN. The van der Waals surface area contributed by atoms with Gasteiger partial charge in [-0.3, -0.25) is 0 Å². The van der Waals surface area contributed by atoms with Gasteiger partial charge in [-0.05, 0) is 11.5 Å². The van der Waals surface area contributed by atoms with Crippen molar-refractivity contribution in [2.24, 2.45) is 7.05 Å². The number of fused-ring (bicyclic) bond motifs is 1. The first-order valence-corrected chi connectivity index (χ1v) is 5.37. The number of pyridine rings is 1. The van der Waals surface area contributed by atoms with Crippen molar-refractivity contribution in [1.29, 1.82) is 0 Å². The molecule has 0 atom stereocenters. The lowest BCUT2D eigenvalue weighted by molar-refractivity contribution is -0.681. The van der Waals surface area contributed by atoms with Crippen molar-refractivity contribution in [3.63, 3.8) is 0 Å². The number of benzene rings is 1. The van der Waals surface area contributed by atoms with Gasteiger partial charge in [0, 0.05) is 16.9 Å². The van der Waals surface area contributed by atoms with Crippen molar-refractivity contribution < 1.29 is 28.5 Å². The third kappa shape index (κ3) is 2.54. The second-order valence-electron chi connectivity index (χ2n) is 5.15. The molecule has 0 aliphatic rings. The molecule has 0 bridgehead atoms. The summed E-state index contributed by atoms with van der Waals surface area (Å²) in [5, 5.41) is 2.62. The summed E-state index contributed by atoms with van der Waals surface area (Å²) in [4.78, 5) is 0. The van der Waals surface area contributed by atoms with Crippen molar-refractivity contribution in [3.05, 3.63) is 42.2 Å². The zero-order chi connectivity index (χ0) is 11.1. The van der Waals surface area contributed by atoms with E-state index < -0.39 is 0 Å². The Morgan fingerprint density at radius 3 is 2.12 bits per heavy atom. The van der Waals surface area contributed by atoms with Crippen molar-refractivity contribution in [2.75, 3.05) is 0 Å². The highest BCUT2D eigenvalue weighted by molar-refractivity contribution is 5.81. The van der Waals surface area contributed by atoms with Crippen LogP contribution in [0.25, 0.3) is 10.8 Å². The van der Waals surface area contributed by atoms with E-state index in [0.29, 0.717) is 0 Å². The highest BCUT2D eigenvalue weighted by Gasteiger charge is 2.23. The molecule has 0 saturated heterocycles. The summed E-state index contributed by atoms with van der Waals surface area (Å²) >= 11 is 0. The summed E-state index contributed by atoms with van der Waals surface area (Å²) in [7, 11) is 2.12. The highest BCUT2D eigenvalue weighted by Crippen LogP contribution is 2.22. The maximum atomic E-state index is 2.29. The van der Waals surface area contributed by atoms with Crippen LogP contribution in [0.2, 0.25) is 0 Å². The topological polar surface area (TPSA) is 3.88 Å². The number of hydrogen-bond donors (Lipinski definition) is 0. The first-order valence-electron chi connectivity index (χ1n) is 5.37. The maximum absolute atomic E-state index is 2.29. The molecule has 2 heteroatoms. The summed E-state index contributed by atoms with van der Waals surface area (Å²) in [5.74, 6) is 0. The van der Waals surface area contributed by atoms with Crippen molar-refractivity contribution in [3.8, 4) is 0 Å². The summed E-state index contributed by atoms with van der Waals surface area (Å²) < 4.78 is 2.22. The molecule has 0 spiro atoms. The number of aromatic nitrogens is 1. The van der Waals surface area contributed by atoms with E-state index in [-0.39, 0.29) is 29.4 Å². The predicted octanol–water partition coefficient (Wildman–Crippen LogP) is -0.0342. The average Bonchev–Trinajstić information content (AvgIpc) is 2.15. The van der Waals surface area contributed by atoms with E-state index in [4.69, 9.17) is 0 Å². The Bertz CT molecular complexity index is 498. The van der Waals surface area contributed by atoms with E-state index in [0.717, 1.165) is 0 Å². The minimum atomic E-state index is 0. The SMILES string of the molecule is C[n+]1cc2ccccc2cc1C(C)(C)C.[I-]. The standard InChI is InChI=1S/C14H18N.HI/c1-14(2,3)13-9-11-7-5-6-8-12(11)10-15(13)4;/h5-10H,1-4H3;1H/q+1;/p-1. The zero-order valence-corrected chi connectivity index (χ0v) is 12.4. The molecule has 0 saturated carbocycles. The van der Waals surface area contributed by atoms with Crippen molar-refractivity contribution in [2.45, 2.75) is 26.2 Å². The molecule has 16 heavy (non-hydrogen) atoms. The van der Waals surface area contributed by atoms with Crippen LogP contribution >= 0.6 is 0 Å². The van der Waals surface area contributed by atoms with Gasteiger partial charge in [-0.1, -0.05) is 39.0 Å². The Labute approximate surface area is 115 Å². The van der Waals surface area contributed by atoms with Gasteiger partial charge in [0.2, 0.25) is 0 Å². The lowest BCUT2D eigenvalue weighted by Gasteiger charge is -2.15. The Hall–Kier alpha value is -0.640. The fourth-order valence-corrected chi connectivity index (χ4v) is 2.03. The van der Waals surface area contributed by atoms with Crippen LogP contribution in [0.5, 0.6) is 0 Å². The van der Waals surface area contributed by atoms with Gasteiger partial charge in [0.25, 0.3) is 0 Å². The average molecular weight is 327 g/mol. The second-order valence-corrected chi connectivity index (χ2v) is 5.15. The molecule has 1 nitrogen and oxygen atoms in total. The van der Waals surface area contributed by atoms with E-state index >= 15 is 0 Å². The molecule has 1 aromatic carbocycles. The molecule has 2 aromatic rings. The third-order valence-electron chi connectivity index (χ3n) is 2.77. The second kappa shape index (κ2) is 4.70. The van der Waals surface area contributed by atoms with E-state index in [1.807, 2.05) is 0 Å². The molecule has 2 rings (SSSR count). The number of halogens is 1. The van der Waals surface area contributed by atoms with Crippen LogP contribution in [0.3, 0.4) is 0 Å². The van der Waals surface area contributed by atoms with E-state index in [1.165, 1.54) is 16.5 Å². The zero-order valence-electron chi connectivity index (χ0n) is 10.3. The lowest BCUT2D eigenvalue weighted by atomic mass is 9.90. The Morgan fingerprint density at radius 2 is 1.56 bits per heavy atom. The Morgan fingerprint density at radius 1 is 1.00 bits per heavy atom. The van der Waals surface area contributed by atoms with E-state index in [2.05, 4.69) is 68.9 Å². The predicted molar refractivity (Wildman–Crippen MR) is 63.8 cm³/mol. The quantitative estimate of drug-likeness (QED) is 0.473. The number of hydrogen-bond acceptors (Lipinski definition) is 0. The van der Waals surface area contributed by atoms with Crippen LogP contribution in [0.4, 0.5) is 0 Å². The molecule has 0 fully saturated rings. The van der Waals surface area contributed by atoms with Crippen molar-refractivity contribution in [1.82, 2.24) is 0 Å². The van der Waals surface area contributed by atoms with Gasteiger partial charge in [0.1, 0.15) is 7.05 Å². The van der Waals surface area contributed by atoms with Crippen LogP contribution in [-0.2, 0) is 12.5 Å². The van der Waals surface area contributed by atoms with Gasteiger partial charge in [-0.25, -0.2) is 4.57 Å². The summed E-state index contributed by atoms with van der Waals surface area (Å²) in [6.45, 7) is 6.74. The molecule has 0 aliphatic carbocycles. The van der Waals surface area contributed by atoms with Crippen LogP contribution in [0.15, 0.2) is 36.5 Å². The molecule has 1 aromatic heterocycles. The fourth-order valence-electron chi connectivity index (χ4n) is 2.03. The monoisotopic (exact) mass is 327 g/mol. The molecule has 0 aliphatic heterocycles. The third-order valence-corrected chi connectivity index (χ3v) is 2.77. The van der Waals surface area contributed by atoms with Gasteiger partial charge >= 0.3 is 0 Å². The minimum absolute atomic E-state index is 0. The number of rotatable bonds is 0. The van der Waals surface area contributed by atoms with E-state index in [9.17, 15) is 0 Å². The first kappa shape index (κ1) is 13.4. The lowest BCUT2D eigenvalue weighted by Crippen LogP contribution is -3.00. The van der Waals surface area contributed by atoms with Gasteiger partial charge < -0.3 is 24.0 Å². The van der Waals surface area contributed by atoms with Crippen LogP contribution in [-0.4, -0.2) is 0 Å². The summed E-state index contributed by atoms with van der Waals surface area (Å²) in [6.07, 6.45) is 2.20. The smallest absolute Gasteiger partial charge is 0.187 e. The van der Waals surface area contributed by atoms with Gasteiger partial charge in [-0.15, -0.1) is 0 Å². The fraction of sp³-hybridized carbons (Fsp3) is 0.357. The molecule has 0 N–H and O–H groups in total. The summed E-state index contributed by atoms with van der Waals surface area (Å²) in [6, 6.07) is 10.8. The molecular weight excluding hydrogens is 309 g/mol. The first-order chi connectivity index (χ1) is 6.98. The van der Waals surface area contributed by atoms with Gasteiger partial charge in [-0.2, -0.15) is 0 Å². The van der Waals surface area contributed by atoms with Crippen LogP contribution in [0.1, 0.15) is 26.5 Å². The number of nitrogens with zero attached hydrogens (tertiary/aromatic N) is 1. The highest BCUT2D eigenvalue weighted by atomic mass is 127. The Kier molecular flexibility index (Phi) is 3.94. The van der Waals surface area contributed by atoms with E-state index in [1.54, 1.807) is 0 Å². The normalized spacial score (nSPS) is 11.2. The molecule has 0 unspecified atom stereocenters. The van der Waals surface area contributed by atoms with Gasteiger partial charge in [0.15, 0.2) is 11.9 Å². The minimum Gasteiger partial charge on any atom is -1.00 e. The summed E-state index contributed by atoms with van der Waals surface area (Å²) in [5.41, 5.74) is 1.56. The molecule has 86 valence electrons. The maximum Gasteiger partial charge on any atom is 0.187 e. The molecule has 0 radical (unpaired) electrons. The Balaban J connectivity index is 0.00000128. The number of aryl methyl sites for hydroxylation is 1. The van der Waals surface area contributed by atoms with Crippen molar-refractivity contribution >= 4 is 10.8 Å².